The highest BCUT2D eigenvalue weighted by Crippen LogP contribution is 2.24. The predicted molar refractivity (Wildman–Crippen MR) is 55.0 cm³/mol. The van der Waals surface area contributed by atoms with Crippen molar-refractivity contribution in [1.82, 2.24) is 9.80 Å². The van der Waals surface area contributed by atoms with E-state index in [4.69, 9.17) is 19.8 Å². The van der Waals surface area contributed by atoms with E-state index in [1.54, 1.807) is 0 Å². The lowest BCUT2D eigenvalue weighted by Gasteiger charge is -2.27. The number of carbonyl (C=O) groups excluding carboxylic acids is 4. The zero-order chi connectivity index (χ0) is 13.6. The summed E-state index contributed by atoms with van der Waals surface area (Å²) in [6.45, 7) is -1.15. The van der Waals surface area contributed by atoms with Crippen molar-refractivity contribution in [3.63, 3.8) is 0 Å². The summed E-state index contributed by atoms with van der Waals surface area (Å²) in [4.78, 5) is 42.3. The molecule has 0 saturated carbocycles. The molecule has 0 atom stereocenters. The Hall–Kier alpha value is -1.80. The first-order chi connectivity index (χ1) is 7.92. The first-order valence-corrected chi connectivity index (χ1v) is 4.59. The van der Waals surface area contributed by atoms with E-state index in [1.807, 2.05) is 0 Å². The topological polar surface area (TPSA) is 115 Å². The van der Waals surface area contributed by atoms with E-state index in [2.05, 4.69) is 0 Å². The number of hydrogen-bond acceptors (Lipinski definition) is 6. The molecule has 17 heavy (non-hydrogen) atoms. The summed E-state index contributed by atoms with van der Waals surface area (Å²) in [5.74, 6) is -0.579. The first-order valence-electron chi connectivity index (χ1n) is 4.59. The molecule has 0 aromatic heterocycles. The smallest absolute Gasteiger partial charge is 0.327 e. The second-order valence-electron chi connectivity index (χ2n) is 3.33. The number of aliphatic hydroxyl groups is 2. The standard InChI is InChI=1S/C7H12N2O4.C2H2O2/c1-8-5(12)7(3-10,4-11)9(2)6(8)13;3-1-2-4/h10-11H,3-4H2,1-2H3;1-2H. The highest BCUT2D eigenvalue weighted by molar-refractivity contribution is 6.09. The molecule has 0 aromatic rings. The molecule has 96 valence electrons. The second kappa shape index (κ2) is 6.06. The lowest BCUT2D eigenvalue weighted by Crippen LogP contribution is -2.54. The highest BCUT2D eigenvalue weighted by atomic mass is 16.3. The van der Waals surface area contributed by atoms with E-state index in [1.165, 1.54) is 14.1 Å². The average Bonchev–Trinajstić information content (AvgIpc) is 2.53. The third-order valence-electron chi connectivity index (χ3n) is 2.50. The summed E-state index contributed by atoms with van der Waals surface area (Å²) in [6.07, 6.45) is 0.389. The molecule has 0 bridgehead atoms. The third kappa shape index (κ3) is 2.48. The van der Waals surface area contributed by atoms with Crippen molar-refractivity contribution >= 4 is 24.5 Å². The number of imide groups is 1. The van der Waals surface area contributed by atoms with E-state index >= 15 is 0 Å². The van der Waals surface area contributed by atoms with Crippen LogP contribution >= 0.6 is 0 Å². The maximum atomic E-state index is 11.5. The number of likely N-dealkylation sites (N-methyl/N-ethyl adjacent to an activating group) is 2. The Morgan fingerprint density at radius 2 is 1.53 bits per heavy atom. The van der Waals surface area contributed by atoms with Crippen LogP contribution in [0.2, 0.25) is 0 Å². The average molecular weight is 246 g/mol. The van der Waals surface area contributed by atoms with Crippen LogP contribution in [0.15, 0.2) is 0 Å². The Morgan fingerprint density at radius 3 is 1.65 bits per heavy atom. The molecule has 1 aliphatic heterocycles. The number of aliphatic hydroxyl groups excluding tert-OH is 2. The van der Waals surface area contributed by atoms with Crippen LogP contribution in [-0.4, -0.2) is 77.4 Å². The van der Waals surface area contributed by atoms with Crippen molar-refractivity contribution < 1.29 is 29.4 Å². The molecule has 1 rings (SSSR count). The number of urea groups is 1. The number of carbonyl (C=O) groups is 4. The Kier molecular flexibility index (Phi) is 5.42. The zero-order valence-electron chi connectivity index (χ0n) is 9.49. The Labute approximate surface area is 97.4 Å². The van der Waals surface area contributed by atoms with Crippen molar-refractivity contribution in [1.29, 1.82) is 0 Å². The molecule has 0 aromatic carbocycles. The molecule has 1 aliphatic rings. The molecule has 1 saturated heterocycles. The van der Waals surface area contributed by atoms with E-state index in [-0.39, 0.29) is 12.6 Å². The minimum Gasteiger partial charge on any atom is -0.393 e. The van der Waals surface area contributed by atoms with Gasteiger partial charge in [-0.2, -0.15) is 0 Å². The fourth-order valence-corrected chi connectivity index (χ4v) is 1.35. The van der Waals surface area contributed by atoms with Gasteiger partial charge < -0.3 is 15.1 Å². The highest BCUT2D eigenvalue weighted by Gasteiger charge is 2.53. The van der Waals surface area contributed by atoms with Crippen LogP contribution in [0, 0.1) is 0 Å². The minimum atomic E-state index is -1.48. The van der Waals surface area contributed by atoms with Gasteiger partial charge in [0.25, 0.3) is 5.91 Å². The lowest BCUT2D eigenvalue weighted by atomic mass is 10.0. The van der Waals surface area contributed by atoms with Crippen LogP contribution in [0.5, 0.6) is 0 Å². The Morgan fingerprint density at radius 1 is 1.12 bits per heavy atom. The first kappa shape index (κ1) is 15.2. The van der Waals surface area contributed by atoms with Gasteiger partial charge in [0.2, 0.25) is 0 Å². The quantitative estimate of drug-likeness (QED) is 0.326. The lowest BCUT2D eigenvalue weighted by molar-refractivity contribution is -0.136. The van der Waals surface area contributed by atoms with E-state index in [0.29, 0.717) is 0 Å². The van der Waals surface area contributed by atoms with Crippen LogP contribution in [0.3, 0.4) is 0 Å². The molecule has 8 heteroatoms. The monoisotopic (exact) mass is 246 g/mol. The van der Waals surface area contributed by atoms with Crippen molar-refractivity contribution in [2.45, 2.75) is 5.54 Å². The van der Waals surface area contributed by atoms with Gasteiger partial charge in [0.15, 0.2) is 18.1 Å². The van der Waals surface area contributed by atoms with Gasteiger partial charge in [0.1, 0.15) is 0 Å². The summed E-state index contributed by atoms with van der Waals surface area (Å²) >= 11 is 0. The van der Waals surface area contributed by atoms with Gasteiger partial charge in [0.05, 0.1) is 13.2 Å². The predicted octanol–water partition coefficient (Wildman–Crippen LogP) is -2.38. The van der Waals surface area contributed by atoms with Gasteiger partial charge in [-0.25, -0.2) is 4.79 Å². The molecule has 0 radical (unpaired) electrons. The molecule has 2 N–H and O–H groups in total. The largest absolute Gasteiger partial charge is 0.393 e. The molecule has 0 aliphatic carbocycles. The summed E-state index contributed by atoms with van der Waals surface area (Å²) in [7, 11) is 2.68. The number of amides is 3. The van der Waals surface area contributed by atoms with Gasteiger partial charge in [0, 0.05) is 14.1 Å². The summed E-state index contributed by atoms with van der Waals surface area (Å²) < 4.78 is 0. The van der Waals surface area contributed by atoms with Gasteiger partial charge in [-0.05, 0) is 0 Å². The fraction of sp³-hybridized carbons (Fsp3) is 0.556. The van der Waals surface area contributed by atoms with Crippen LogP contribution in [-0.2, 0) is 14.4 Å². The van der Waals surface area contributed by atoms with Crippen molar-refractivity contribution in [3.05, 3.63) is 0 Å². The van der Waals surface area contributed by atoms with Gasteiger partial charge in [-0.15, -0.1) is 0 Å². The molecule has 8 nitrogen and oxygen atoms in total. The molecule has 3 amide bonds. The normalized spacial score (nSPS) is 17.6. The van der Waals surface area contributed by atoms with Gasteiger partial charge in [-0.1, -0.05) is 0 Å². The fourth-order valence-electron chi connectivity index (χ4n) is 1.35. The van der Waals surface area contributed by atoms with Crippen molar-refractivity contribution in [3.8, 4) is 0 Å². The number of nitrogens with zero attached hydrogens (tertiary/aromatic N) is 2. The number of aldehydes is 2. The molecule has 1 heterocycles. The van der Waals surface area contributed by atoms with Gasteiger partial charge >= 0.3 is 6.03 Å². The van der Waals surface area contributed by atoms with Crippen LogP contribution in [0.25, 0.3) is 0 Å². The second-order valence-corrected chi connectivity index (χ2v) is 3.33. The third-order valence-corrected chi connectivity index (χ3v) is 2.50. The SMILES string of the molecule is CN1C(=O)N(C)C(CO)(CO)C1=O.O=CC=O. The van der Waals surface area contributed by atoms with Crippen molar-refractivity contribution in [2.75, 3.05) is 27.3 Å². The molecular weight excluding hydrogens is 232 g/mol. The summed E-state index contributed by atoms with van der Waals surface area (Å²) in [5, 5.41) is 18.0. The Bertz CT molecular complexity index is 319. The van der Waals surface area contributed by atoms with Crippen molar-refractivity contribution in [2.24, 2.45) is 0 Å². The Balaban J connectivity index is 0.000000557. The molecule has 0 spiro atoms. The van der Waals surface area contributed by atoms with Gasteiger partial charge in [-0.3, -0.25) is 19.3 Å². The molecule has 0 unspecified atom stereocenters. The minimum absolute atomic E-state index is 0.194. The maximum absolute atomic E-state index is 11.5. The zero-order valence-corrected chi connectivity index (χ0v) is 9.49. The van der Waals surface area contributed by atoms with Crippen LogP contribution < -0.4 is 0 Å². The number of hydrogen-bond donors (Lipinski definition) is 2. The van der Waals surface area contributed by atoms with E-state index in [0.717, 1.165) is 9.80 Å². The van der Waals surface area contributed by atoms with E-state index in [9.17, 15) is 9.59 Å². The molecule has 1 fully saturated rings. The van der Waals surface area contributed by atoms with E-state index < -0.39 is 30.7 Å². The number of rotatable bonds is 3. The van der Waals surface area contributed by atoms with Crippen LogP contribution in [0.1, 0.15) is 0 Å². The van der Waals surface area contributed by atoms with Crippen LogP contribution in [0.4, 0.5) is 4.79 Å². The summed E-state index contributed by atoms with van der Waals surface area (Å²) in [6, 6.07) is -0.520. The molecular formula is C9H14N2O6. The maximum Gasteiger partial charge on any atom is 0.327 e. The summed E-state index contributed by atoms with van der Waals surface area (Å²) in [5.41, 5.74) is -1.48.